The predicted molar refractivity (Wildman–Crippen MR) is 140 cm³/mol. The van der Waals surface area contributed by atoms with Gasteiger partial charge in [-0.25, -0.2) is 0 Å². The quantitative estimate of drug-likeness (QED) is 0.232. The zero-order chi connectivity index (χ0) is 25.9. The summed E-state index contributed by atoms with van der Waals surface area (Å²) in [6, 6.07) is 10.3. The van der Waals surface area contributed by atoms with E-state index in [4.69, 9.17) is 21.0 Å². The number of carbonyl (C=O) groups is 1. The van der Waals surface area contributed by atoms with Crippen LogP contribution in [0.4, 0.5) is 0 Å². The molecule has 1 aromatic carbocycles. The zero-order valence-corrected chi connectivity index (χ0v) is 21.9. The first-order valence-corrected chi connectivity index (χ1v) is 11.5. The monoisotopic (exact) mass is 467 g/mol. The van der Waals surface area contributed by atoms with Gasteiger partial charge in [-0.2, -0.15) is 0 Å². The van der Waals surface area contributed by atoms with E-state index in [0.717, 1.165) is 19.3 Å². The van der Waals surface area contributed by atoms with E-state index in [0.29, 0.717) is 13.0 Å². The molecule has 1 fully saturated rings. The highest BCUT2D eigenvalue weighted by atomic mass is 16.5. The molecule has 0 radical (unpaired) electrons. The van der Waals surface area contributed by atoms with Crippen molar-refractivity contribution in [3.05, 3.63) is 47.7 Å². The van der Waals surface area contributed by atoms with Crippen molar-refractivity contribution in [1.82, 2.24) is 4.90 Å². The van der Waals surface area contributed by atoms with Crippen molar-refractivity contribution in [2.75, 3.05) is 27.3 Å². The zero-order valence-electron chi connectivity index (χ0n) is 21.9. The molecule has 0 spiro atoms. The molecule has 1 aliphatic heterocycles. The largest absolute Gasteiger partial charge is 0.512 e. The van der Waals surface area contributed by atoms with Crippen LogP contribution in [0.5, 0.6) is 0 Å². The summed E-state index contributed by atoms with van der Waals surface area (Å²) in [5, 5.41) is 15.7. The average Bonchev–Trinajstić information content (AvgIpc) is 3.05. The fourth-order valence-electron chi connectivity index (χ4n) is 2.72. The highest BCUT2D eigenvalue weighted by molar-refractivity contribution is 5.88. The molecular weight excluding hydrogens is 418 g/mol. The van der Waals surface area contributed by atoms with Gasteiger partial charge in [0.25, 0.3) is 0 Å². The minimum absolute atomic E-state index is 0. The summed E-state index contributed by atoms with van der Waals surface area (Å²) in [4.78, 5) is 12.7. The van der Waals surface area contributed by atoms with Gasteiger partial charge in [-0.1, -0.05) is 56.2 Å². The van der Waals surface area contributed by atoms with Crippen LogP contribution in [0, 0.1) is 12.3 Å². The van der Waals surface area contributed by atoms with Crippen LogP contribution in [0.25, 0.3) is 0 Å². The molecule has 1 heterocycles. The second-order valence-electron chi connectivity index (χ2n) is 8.93. The van der Waals surface area contributed by atoms with Crippen molar-refractivity contribution in [1.29, 1.82) is 5.41 Å². The summed E-state index contributed by atoms with van der Waals surface area (Å²) >= 11 is 0. The van der Waals surface area contributed by atoms with Crippen molar-refractivity contribution in [2.45, 2.75) is 78.6 Å². The number of aryl methyl sites for hydroxylation is 1. The van der Waals surface area contributed by atoms with Gasteiger partial charge in [-0.15, -0.1) is 0 Å². The molecule has 0 saturated carbocycles. The van der Waals surface area contributed by atoms with Crippen molar-refractivity contribution in [3.8, 4) is 0 Å². The number of carbonyl (C=O) groups excluding carboxylic acids is 1. The number of likely N-dealkylation sites (N-methyl/N-ethyl adjacent to an activating group) is 1. The smallest absolute Gasteiger partial charge is 0.137 e. The third kappa shape index (κ3) is 21.4. The third-order valence-electron chi connectivity index (χ3n) is 4.06. The number of nitrogens with zero attached hydrogens (tertiary/aromatic N) is 1. The fraction of sp³-hybridized carbons (Fsp3) is 0.615. The van der Waals surface area contributed by atoms with Crippen LogP contribution in [0.2, 0.25) is 0 Å². The Balaban J connectivity index is -0.000000409. The number of benzene rings is 1. The van der Waals surface area contributed by atoms with Crippen LogP contribution >= 0.6 is 0 Å². The molecule has 2 atom stereocenters. The Bertz CT molecular complexity index is 664. The van der Waals surface area contributed by atoms with E-state index in [1.165, 1.54) is 18.1 Å². The van der Waals surface area contributed by atoms with Crippen molar-refractivity contribution in [3.63, 3.8) is 0 Å². The number of methoxy groups -OCH3 is 1. The van der Waals surface area contributed by atoms with Gasteiger partial charge in [0.2, 0.25) is 0 Å². The Hall–Kier alpha value is -2.22. The number of likely N-dealkylation sites (tertiary alicyclic amines) is 1. The predicted octanol–water partition coefficient (Wildman–Crippen LogP) is 5.13. The van der Waals surface area contributed by atoms with Crippen LogP contribution in [0.3, 0.4) is 0 Å². The summed E-state index contributed by atoms with van der Waals surface area (Å²) in [5.74, 6) is -0.0667. The maximum atomic E-state index is 10.6. The summed E-state index contributed by atoms with van der Waals surface area (Å²) in [5.41, 5.74) is 6.19. The number of rotatable bonds is 6. The van der Waals surface area contributed by atoms with E-state index in [9.17, 15) is 4.79 Å². The molecule has 4 N–H and O–H groups in total. The van der Waals surface area contributed by atoms with Gasteiger partial charge in [0, 0.05) is 27.6 Å². The van der Waals surface area contributed by atoms with Crippen LogP contribution in [0.1, 0.15) is 60.9 Å². The standard InChI is InChI=1S/C10H19NO2.C7H8.C6H12N2O2.C3H8.H2/c1-10(2,3)13-9-5-8(7-12)11(4)6-9;1-7-5-3-2-4-6-7;1-10-3-2-5(9)4-6(7)8;1-3-2;/h7-9H,5-6H2,1-4H3;2-6H,1H3;4,9H,2-3H2,1H3,(H3,7,8);3H2,1-2H3;1H/b;;5-4-;;/t8-,9+;;;;/m0..../s1. The van der Waals surface area contributed by atoms with E-state index in [1.54, 1.807) is 7.11 Å². The third-order valence-corrected chi connectivity index (χ3v) is 4.06. The SMILES string of the molecule is CCC.CN1C[C@H](OC(C)(C)C)C[C@H]1C=O.COCC/C(O)=C/C(=N)N.Cc1ccccc1.[HH]. The van der Waals surface area contributed by atoms with Gasteiger partial charge < -0.3 is 25.1 Å². The molecule has 2 rings (SSSR count). The number of nitrogens with two attached hydrogens (primary N) is 1. The first kappa shape index (κ1) is 33.0. The number of hydrogen-bond donors (Lipinski definition) is 3. The van der Waals surface area contributed by atoms with Gasteiger partial charge in [0.1, 0.15) is 12.1 Å². The second-order valence-corrected chi connectivity index (χ2v) is 8.93. The van der Waals surface area contributed by atoms with E-state index >= 15 is 0 Å². The fourth-order valence-corrected chi connectivity index (χ4v) is 2.72. The van der Waals surface area contributed by atoms with Crippen molar-refractivity contribution < 1.29 is 20.8 Å². The summed E-state index contributed by atoms with van der Waals surface area (Å²) in [6.07, 6.45) is 4.89. The van der Waals surface area contributed by atoms with Crippen LogP contribution in [-0.2, 0) is 14.3 Å². The van der Waals surface area contributed by atoms with E-state index in [2.05, 4.69) is 37.6 Å². The van der Waals surface area contributed by atoms with E-state index in [1.807, 2.05) is 50.9 Å². The van der Waals surface area contributed by atoms with Crippen LogP contribution in [0.15, 0.2) is 42.2 Å². The molecule has 0 amide bonds. The molecule has 1 aromatic rings. The lowest BCUT2D eigenvalue weighted by Crippen LogP contribution is -2.29. The van der Waals surface area contributed by atoms with Crippen LogP contribution < -0.4 is 5.73 Å². The molecule has 7 nitrogen and oxygen atoms in total. The Morgan fingerprint density at radius 3 is 2.18 bits per heavy atom. The lowest BCUT2D eigenvalue weighted by molar-refractivity contribution is -0.111. The lowest BCUT2D eigenvalue weighted by Gasteiger charge is -2.24. The molecular formula is C26H49N3O4. The number of nitrogens with one attached hydrogen (secondary N) is 1. The molecule has 1 aliphatic rings. The number of hydrogen-bond acceptors (Lipinski definition) is 6. The maximum Gasteiger partial charge on any atom is 0.137 e. The Kier molecular flexibility index (Phi) is 19.2. The summed E-state index contributed by atoms with van der Waals surface area (Å²) in [6.45, 7) is 13.8. The molecule has 0 bridgehead atoms. The van der Waals surface area contributed by atoms with Crippen molar-refractivity contribution >= 4 is 12.1 Å². The number of amidine groups is 1. The molecule has 1 saturated heterocycles. The van der Waals surface area contributed by atoms with Crippen LogP contribution in [-0.4, -0.2) is 67.2 Å². The second kappa shape index (κ2) is 19.3. The highest BCUT2D eigenvalue weighted by Gasteiger charge is 2.32. The molecule has 0 aromatic heterocycles. The topological polar surface area (TPSA) is 109 Å². The van der Waals surface area contributed by atoms with Gasteiger partial charge in [0.05, 0.1) is 30.1 Å². The maximum absolute atomic E-state index is 10.6. The Morgan fingerprint density at radius 1 is 1.30 bits per heavy atom. The molecule has 192 valence electrons. The van der Waals surface area contributed by atoms with Gasteiger partial charge in [-0.3, -0.25) is 10.3 Å². The summed E-state index contributed by atoms with van der Waals surface area (Å²) in [7, 11) is 3.51. The Morgan fingerprint density at radius 2 is 1.85 bits per heavy atom. The molecule has 33 heavy (non-hydrogen) atoms. The minimum atomic E-state index is -0.145. The first-order chi connectivity index (χ1) is 15.4. The van der Waals surface area contributed by atoms with Gasteiger partial charge in [-0.05, 0) is 41.2 Å². The normalized spacial score (nSPS) is 18.0. The highest BCUT2D eigenvalue weighted by Crippen LogP contribution is 2.21. The number of aliphatic hydroxyl groups is 1. The lowest BCUT2D eigenvalue weighted by atomic mass is 10.1. The molecule has 7 heteroatoms. The number of ether oxygens (including phenoxy) is 2. The average molecular weight is 468 g/mol. The number of aliphatic hydroxyl groups excluding tert-OH is 1. The van der Waals surface area contributed by atoms with Gasteiger partial charge in [0.15, 0.2) is 0 Å². The first-order valence-electron chi connectivity index (χ1n) is 11.5. The minimum Gasteiger partial charge on any atom is -0.512 e. The molecule has 0 unspecified atom stereocenters. The Labute approximate surface area is 203 Å². The molecule has 0 aliphatic carbocycles. The number of aldehydes is 1. The van der Waals surface area contributed by atoms with Crippen molar-refractivity contribution in [2.24, 2.45) is 5.73 Å². The van der Waals surface area contributed by atoms with E-state index in [-0.39, 0.29) is 30.8 Å². The summed E-state index contributed by atoms with van der Waals surface area (Å²) < 4.78 is 10.5. The van der Waals surface area contributed by atoms with Gasteiger partial charge >= 0.3 is 0 Å². The van der Waals surface area contributed by atoms with E-state index < -0.39 is 0 Å².